The van der Waals surface area contributed by atoms with Gasteiger partial charge in [-0.15, -0.1) is 0 Å². The number of unbranched alkanes of at least 4 members (excludes halogenated alkanes) is 45. The molecule has 0 rings (SSSR count). The van der Waals surface area contributed by atoms with Gasteiger partial charge < -0.3 is 33.8 Å². The lowest BCUT2D eigenvalue weighted by atomic mass is 10.0. The Balaban J connectivity index is 5.19. The summed E-state index contributed by atoms with van der Waals surface area (Å²) >= 11 is 0. The molecule has 0 aromatic carbocycles. The molecule has 0 bridgehead atoms. The number of esters is 4. The van der Waals surface area contributed by atoms with E-state index >= 15 is 0 Å². The summed E-state index contributed by atoms with van der Waals surface area (Å²) in [6.07, 6.45) is 52.7. The van der Waals surface area contributed by atoms with Crippen molar-refractivity contribution in [3.63, 3.8) is 0 Å². The number of aliphatic hydroxyl groups is 1. The molecule has 0 heterocycles. The van der Waals surface area contributed by atoms with Crippen molar-refractivity contribution in [1.29, 1.82) is 0 Å². The van der Waals surface area contributed by atoms with Gasteiger partial charge in [-0.2, -0.15) is 0 Å². The summed E-state index contributed by atoms with van der Waals surface area (Å²) in [6, 6.07) is 0. The van der Waals surface area contributed by atoms with Gasteiger partial charge in [0.25, 0.3) is 0 Å². The number of phosphoric ester groups is 2. The standard InChI is InChI=1S/C70H136O17P2/c1-5-9-13-17-21-24-27-29-31-32-33-35-38-41-45-49-53-57-70(75)87-66(61-81-68(73)55-51-47-43-39-37-34-30-28-25-22-18-14-10-6-2)63-85-89(78,79)83-59-64(71)58-82-88(76,77)84-62-65(60-80-67(72)54-50-46-42-20-16-12-8-4)86-69(74)56-52-48-44-40-36-26-23-19-15-11-7-3/h64-66,71H,5-63H2,1-4H3,(H,76,77)(H,78,79)/t64-,65+,66+/m0/s1. The lowest BCUT2D eigenvalue weighted by Crippen LogP contribution is -2.30. The second kappa shape index (κ2) is 64.8. The van der Waals surface area contributed by atoms with Crippen LogP contribution in [0.4, 0.5) is 0 Å². The molecule has 0 amide bonds. The van der Waals surface area contributed by atoms with Gasteiger partial charge >= 0.3 is 39.5 Å². The average Bonchev–Trinajstić information content (AvgIpc) is 3.58. The Bertz CT molecular complexity index is 1710. The molecule has 0 saturated heterocycles. The minimum absolute atomic E-state index is 0.107. The highest BCUT2D eigenvalue weighted by Crippen LogP contribution is 2.45. The predicted molar refractivity (Wildman–Crippen MR) is 359 cm³/mol. The summed E-state index contributed by atoms with van der Waals surface area (Å²) in [5.74, 6) is -2.12. The fraction of sp³-hybridized carbons (Fsp3) is 0.943. The normalized spacial score (nSPS) is 14.0. The first-order chi connectivity index (χ1) is 43.2. The predicted octanol–water partition coefficient (Wildman–Crippen LogP) is 20.3. The Morgan fingerprint density at radius 2 is 0.449 bits per heavy atom. The maximum absolute atomic E-state index is 13.0. The molecule has 0 spiro atoms. The number of ether oxygens (including phenoxy) is 4. The summed E-state index contributed by atoms with van der Waals surface area (Å²) in [4.78, 5) is 72.4. The molecule has 0 aromatic heterocycles. The zero-order chi connectivity index (χ0) is 65.4. The molecule has 0 radical (unpaired) electrons. The van der Waals surface area contributed by atoms with E-state index < -0.39 is 97.5 Å². The van der Waals surface area contributed by atoms with Crippen molar-refractivity contribution in [3.8, 4) is 0 Å². The van der Waals surface area contributed by atoms with Gasteiger partial charge in [-0.05, 0) is 25.7 Å². The van der Waals surface area contributed by atoms with E-state index in [9.17, 15) is 43.2 Å². The number of rotatable bonds is 71. The number of hydrogen-bond donors (Lipinski definition) is 3. The summed E-state index contributed by atoms with van der Waals surface area (Å²) < 4.78 is 68.2. The van der Waals surface area contributed by atoms with E-state index in [0.29, 0.717) is 25.7 Å². The number of hydrogen-bond acceptors (Lipinski definition) is 15. The fourth-order valence-electron chi connectivity index (χ4n) is 10.7. The van der Waals surface area contributed by atoms with E-state index in [1.807, 2.05) is 0 Å². The van der Waals surface area contributed by atoms with Crippen molar-refractivity contribution in [2.75, 3.05) is 39.6 Å². The second-order valence-corrected chi connectivity index (χ2v) is 28.2. The number of phosphoric acid groups is 2. The number of carbonyl (C=O) groups is 4. The van der Waals surface area contributed by atoms with Gasteiger partial charge in [-0.25, -0.2) is 9.13 Å². The lowest BCUT2D eigenvalue weighted by Gasteiger charge is -2.21. The molecule has 0 saturated carbocycles. The van der Waals surface area contributed by atoms with Crippen LogP contribution >= 0.6 is 15.6 Å². The Morgan fingerprint density at radius 3 is 0.663 bits per heavy atom. The highest BCUT2D eigenvalue weighted by atomic mass is 31.2. The van der Waals surface area contributed by atoms with E-state index in [-0.39, 0.29) is 25.7 Å². The smallest absolute Gasteiger partial charge is 0.462 e. The maximum Gasteiger partial charge on any atom is 0.472 e. The highest BCUT2D eigenvalue weighted by molar-refractivity contribution is 7.47. The molecule has 0 aliphatic carbocycles. The van der Waals surface area contributed by atoms with Gasteiger partial charge in [0, 0.05) is 25.7 Å². The van der Waals surface area contributed by atoms with Crippen LogP contribution in [0.1, 0.15) is 368 Å². The average molecular weight is 1310 g/mol. The van der Waals surface area contributed by atoms with Gasteiger partial charge in [0.05, 0.1) is 26.4 Å². The van der Waals surface area contributed by atoms with Crippen molar-refractivity contribution in [1.82, 2.24) is 0 Å². The summed E-state index contributed by atoms with van der Waals surface area (Å²) in [7, 11) is -9.89. The SMILES string of the molecule is CCCCCCCCCCCCCCCCCCCC(=O)O[C@H](COC(=O)CCCCCCCCCCCCCCCC)COP(=O)(O)OC[C@@H](O)COP(=O)(O)OC[C@@H](COC(=O)CCCCCCCCC)OC(=O)CCCCCCCCCCCCC. The van der Waals surface area contributed by atoms with Gasteiger partial charge in [0.1, 0.15) is 19.3 Å². The summed E-state index contributed by atoms with van der Waals surface area (Å²) in [5.41, 5.74) is 0. The lowest BCUT2D eigenvalue weighted by molar-refractivity contribution is -0.161. The molecule has 0 aliphatic heterocycles. The zero-order valence-corrected chi connectivity index (χ0v) is 59.2. The van der Waals surface area contributed by atoms with E-state index in [2.05, 4.69) is 27.7 Å². The summed E-state index contributed by atoms with van der Waals surface area (Å²) in [5, 5.41) is 10.6. The molecule has 19 heteroatoms. The van der Waals surface area contributed by atoms with Gasteiger partial charge in [0.15, 0.2) is 12.2 Å². The molecule has 528 valence electrons. The third kappa shape index (κ3) is 64.6. The van der Waals surface area contributed by atoms with Crippen LogP contribution in [0, 0.1) is 0 Å². The Kier molecular flexibility index (Phi) is 63.3. The fourth-order valence-corrected chi connectivity index (χ4v) is 12.3. The summed E-state index contributed by atoms with van der Waals surface area (Å²) in [6.45, 7) is 4.91. The Morgan fingerprint density at radius 1 is 0.270 bits per heavy atom. The largest absolute Gasteiger partial charge is 0.472 e. The molecule has 0 aliphatic rings. The van der Waals surface area contributed by atoms with Crippen LogP contribution in [0.2, 0.25) is 0 Å². The molecule has 17 nitrogen and oxygen atoms in total. The highest BCUT2D eigenvalue weighted by Gasteiger charge is 2.30. The topological polar surface area (TPSA) is 237 Å². The molecular formula is C70H136O17P2. The molecule has 0 fully saturated rings. The van der Waals surface area contributed by atoms with E-state index in [4.69, 9.17) is 37.0 Å². The van der Waals surface area contributed by atoms with Crippen LogP contribution in [0.3, 0.4) is 0 Å². The van der Waals surface area contributed by atoms with Crippen molar-refractivity contribution in [3.05, 3.63) is 0 Å². The zero-order valence-electron chi connectivity index (χ0n) is 57.4. The monoisotopic (exact) mass is 1310 g/mol. The van der Waals surface area contributed by atoms with Crippen molar-refractivity contribution in [2.45, 2.75) is 386 Å². The first-order valence-corrected chi connectivity index (χ1v) is 39.8. The van der Waals surface area contributed by atoms with Crippen LogP contribution in [0.15, 0.2) is 0 Å². The minimum atomic E-state index is -4.95. The first kappa shape index (κ1) is 87.1. The Hall–Kier alpha value is -1.94. The molecule has 0 aromatic rings. The Labute approximate surface area is 543 Å². The van der Waals surface area contributed by atoms with Crippen LogP contribution in [-0.2, 0) is 65.4 Å². The third-order valence-electron chi connectivity index (χ3n) is 16.4. The minimum Gasteiger partial charge on any atom is -0.462 e. The van der Waals surface area contributed by atoms with Crippen LogP contribution in [0.5, 0.6) is 0 Å². The van der Waals surface area contributed by atoms with Crippen LogP contribution in [-0.4, -0.2) is 96.7 Å². The van der Waals surface area contributed by atoms with Gasteiger partial charge in [0.2, 0.25) is 0 Å². The molecule has 5 atom stereocenters. The number of aliphatic hydroxyl groups excluding tert-OH is 1. The van der Waals surface area contributed by atoms with E-state index in [0.717, 1.165) is 103 Å². The van der Waals surface area contributed by atoms with Gasteiger partial charge in [-0.1, -0.05) is 317 Å². The third-order valence-corrected chi connectivity index (χ3v) is 18.3. The van der Waals surface area contributed by atoms with E-state index in [1.54, 1.807) is 0 Å². The molecule has 3 N–H and O–H groups in total. The van der Waals surface area contributed by atoms with Crippen molar-refractivity contribution in [2.24, 2.45) is 0 Å². The van der Waals surface area contributed by atoms with Crippen molar-refractivity contribution < 1.29 is 80.2 Å². The second-order valence-electron chi connectivity index (χ2n) is 25.3. The van der Waals surface area contributed by atoms with Crippen LogP contribution in [0.25, 0.3) is 0 Å². The van der Waals surface area contributed by atoms with Gasteiger partial charge in [-0.3, -0.25) is 37.3 Å². The number of carbonyl (C=O) groups excluding carboxylic acids is 4. The first-order valence-electron chi connectivity index (χ1n) is 36.8. The van der Waals surface area contributed by atoms with Crippen molar-refractivity contribution >= 4 is 39.5 Å². The molecule has 2 unspecified atom stereocenters. The quantitative estimate of drug-likeness (QED) is 0.0222. The van der Waals surface area contributed by atoms with Crippen LogP contribution < -0.4 is 0 Å². The molecular weight excluding hydrogens is 1170 g/mol. The maximum atomic E-state index is 13.0. The molecule has 89 heavy (non-hydrogen) atoms. The van der Waals surface area contributed by atoms with E-state index in [1.165, 1.54) is 186 Å².